The molecule has 0 spiro atoms. The Bertz CT molecular complexity index is 779. The summed E-state index contributed by atoms with van der Waals surface area (Å²) in [5, 5.41) is 13.2. The van der Waals surface area contributed by atoms with Gasteiger partial charge in [0, 0.05) is 12.1 Å². The van der Waals surface area contributed by atoms with Crippen molar-refractivity contribution < 1.29 is 4.42 Å². The van der Waals surface area contributed by atoms with E-state index in [9.17, 15) is 0 Å². The van der Waals surface area contributed by atoms with Crippen molar-refractivity contribution in [1.29, 1.82) is 0 Å². The Morgan fingerprint density at radius 3 is 2.57 bits per heavy atom. The van der Waals surface area contributed by atoms with Gasteiger partial charge in [-0.3, -0.25) is 4.68 Å². The molecule has 21 heavy (non-hydrogen) atoms. The van der Waals surface area contributed by atoms with Crippen LogP contribution < -0.4 is 0 Å². The van der Waals surface area contributed by atoms with Gasteiger partial charge in [-0.15, -0.1) is 10.2 Å². The molecule has 0 bridgehead atoms. The summed E-state index contributed by atoms with van der Waals surface area (Å²) in [6.45, 7) is 1.96. The molecule has 7 heteroatoms. The predicted molar refractivity (Wildman–Crippen MR) is 83.2 cm³/mol. The number of rotatable bonds is 3. The lowest BCUT2D eigenvalue weighted by Gasteiger charge is -1.96. The number of hydrogen-bond acceptors (Lipinski definition) is 4. The fourth-order valence-corrected chi connectivity index (χ4v) is 2.55. The summed E-state index contributed by atoms with van der Waals surface area (Å²) < 4.78 is 8.33. The van der Waals surface area contributed by atoms with Crippen LogP contribution in [0.25, 0.3) is 11.6 Å². The van der Waals surface area contributed by atoms with Crippen molar-refractivity contribution in [3.8, 4) is 11.6 Å². The molecule has 5 nitrogen and oxygen atoms in total. The molecule has 108 valence electrons. The van der Waals surface area contributed by atoms with E-state index in [2.05, 4.69) is 31.2 Å². The van der Waals surface area contributed by atoms with E-state index in [1.54, 1.807) is 4.68 Å². The van der Waals surface area contributed by atoms with Gasteiger partial charge in [0.25, 0.3) is 5.89 Å². The smallest absolute Gasteiger partial charge is 0.269 e. The third kappa shape index (κ3) is 2.87. The van der Waals surface area contributed by atoms with Gasteiger partial charge in [-0.1, -0.05) is 23.7 Å². The minimum atomic E-state index is 0.412. The molecule has 2 heterocycles. The van der Waals surface area contributed by atoms with Gasteiger partial charge >= 0.3 is 0 Å². The Morgan fingerprint density at radius 2 is 1.95 bits per heavy atom. The van der Waals surface area contributed by atoms with Gasteiger partial charge in [0.1, 0.15) is 0 Å². The quantitative estimate of drug-likeness (QED) is 0.707. The first-order chi connectivity index (χ1) is 10.0. The number of benzene rings is 1. The van der Waals surface area contributed by atoms with Crippen molar-refractivity contribution in [2.75, 3.05) is 0 Å². The summed E-state index contributed by atoms with van der Waals surface area (Å²) in [6, 6.07) is 7.56. The molecule has 1 aromatic carbocycles. The minimum Gasteiger partial charge on any atom is -0.419 e. The van der Waals surface area contributed by atoms with Crippen LogP contribution in [-0.4, -0.2) is 20.0 Å². The molecule has 0 aliphatic heterocycles. The molecular weight excluding hydrogens is 356 g/mol. The van der Waals surface area contributed by atoms with Crippen LogP contribution in [0.4, 0.5) is 0 Å². The van der Waals surface area contributed by atoms with Crippen LogP contribution in [-0.2, 0) is 13.5 Å². The number of aromatic nitrogens is 4. The lowest BCUT2D eigenvalue weighted by atomic mass is 10.1. The first kappa shape index (κ1) is 14.3. The fourth-order valence-electron chi connectivity index (χ4n) is 1.92. The van der Waals surface area contributed by atoms with Crippen LogP contribution >= 0.6 is 27.5 Å². The summed E-state index contributed by atoms with van der Waals surface area (Å²) in [5.41, 5.74) is 2.72. The number of halogens is 2. The molecule has 0 radical (unpaired) electrons. The Morgan fingerprint density at radius 1 is 1.24 bits per heavy atom. The highest BCUT2D eigenvalue weighted by molar-refractivity contribution is 9.10. The molecule has 0 amide bonds. The average Bonchev–Trinajstić information content (AvgIpc) is 3.02. The van der Waals surface area contributed by atoms with E-state index in [0.29, 0.717) is 28.9 Å². The van der Waals surface area contributed by atoms with E-state index >= 15 is 0 Å². The summed E-state index contributed by atoms with van der Waals surface area (Å²) in [4.78, 5) is 0. The van der Waals surface area contributed by atoms with Crippen LogP contribution in [0.1, 0.15) is 17.1 Å². The zero-order valence-electron chi connectivity index (χ0n) is 11.5. The Balaban J connectivity index is 1.86. The maximum absolute atomic E-state index is 5.87. The first-order valence-corrected chi connectivity index (χ1v) is 7.48. The zero-order chi connectivity index (χ0) is 15.0. The van der Waals surface area contributed by atoms with Crippen LogP contribution in [0.15, 0.2) is 33.2 Å². The van der Waals surface area contributed by atoms with Gasteiger partial charge < -0.3 is 4.42 Å². The summed E-state index contributed by atoms with van der Waals surface area (Å²) in [6.07, 6.45) is 0.563. The largest absolute Gasteiger partial charge is 0.419 e. The monoisotopic (exact) mass is 366 g/mol. The molecule has 0 saturated carbocycles. The van der Waals surface area contributed by atoms with E-state index in [4.69, 9.17) is 16.0 Å². The third-order valence-electron chi connectivity index (χ3n) is 3.20. The molecule has 3 rings (SSSR count). The highest BCUT2D eigenvalue weighted by Crippen LogP contribution is 2.29. The average molecular weight is 368 g/mol. The second-order valence-corrected chi connectivity index (χ2v) is 5.91. The summed E-state index contributed by atoms with van der Waals surface area (Å²) in [5.74, 6) is 0.956. The fraction of sp³-hybridized carbons (Fsp3) is 0.214. The second-order valence-electron chi connectivity index (χ2n) is 4.68. The molecule has 2 aromatic heterocycles. The van der Waals surface area contributed by atoms with Crippen molar-refractivity contribution in [2.45, 2.75) is 13.3 Å². The zero-order valence-corrected chi connectivity index (χ0v) is 13.8. The maximum Gasteiger partial charge on any atom is 0.269 e. The van der Waals surface area contributed by atoms with Crippen molar-refractivity contribution in [2.24, 2.45) is 7.05 Å². The molecule has 0 fully saturated rings. The summed E-state index contributed by atoms with van der Waals surface area (Å²) >= 11 is 9.36. The number of nitrogens with zero attached hydrogens (tertiary/aromatic N) is 4. The number of aryl methyl sites for hydroxylation is 1. The molecular formula is C14H12BrClN4O. The molecule has 0 saturated heterocycles. The first-order valence-electron chi connectivity index (χ1n) is 6.31. The summed E-state index contributed by atoms with van der Waals surface area (Å²) in [7, 11) is 1.87. The van der Waals surface area contributed by atoms with E-state index in [1.165, 1.54) is 0 Å². The molecule has 0 N–H and O–H groups in total. The van der Waals surface area contributed by atoms with Crippen molar-refractivity contribution in [3.63, 3.8) is 0 Å². The van der Waals surface area contributed by atoms with E-state index in [1.807, 2.05) is 38.2 Å². The standard InChI is InChI=1S/C14H12BrClN4O/c1-8-12(15)13(19-20(8)2)14-18-17-11(21-14)7-9-3-5-10(16)6-4-9/h3-6H,7H2,1-2H3. The van der Waals surface area contributed by atoms with Gasteiger partial charge in [0.15, 0.2) is 5.69 Å². The molecule has 3 aromatic rings. The maximum atomic E-state index is 5.87. The highest BCUT2D eigenvalue weighted by Gasteiger charge is 2.18. The Hall–Kier alpha value is -1.66. The van der Waals surface area contributed by atoms with E-state index < -0.39 is 0 Å². The third-order valence-corrected chi connectivity index (χ3v) is 4.40. The van der Waals surface area contributed by atoms with E-state index in [-0.39, 0.29) is 0 Å². The van der Waals surface area contributed by atoms with E-state index in [0.717, 1.165) is 15.7 Å². The van der Waals surface area contributed by atoms with Gasteiger partial charge in [0.2, 0.25) is 5.89 Å². The van der Waals surface area contributed by atoms with Crippen LogP contribution in [0, 0.1) is 6.92 Å². The lowest BCUT2D eigenvalue weighted by molar-refractivity contribution is 0.515. The topological polar surface area (TPSA) is 56.7 Å². The second kappa shape index (κ2) is 5.61. The van der Waals surface area contributed by atoms with Crippen molar-refractivity contribution in [1.82, 2.24) is 20.0 Å². The van der Waals surface area contributed by atoms with Crippen molar-refractivity contribution in [3.05, 3.63) is 50.9 Å². The number of hydrogen-bond donors (Lipinski definition) is 0. The lowest BCUT2D eigenvalue weighted by Crippen LogP contribution is -1.92. The normalized spacial score (nSPS) is 11.0. The Kier molecular flexibility index (Phi) is 3.82. The highest BCUT2D eigenvalue weighted by atomic mass is 79.9. The molecule has 0 aliphatic carbocycles. The van der Waals surface area contributed by atoms with Gasteiger partial charge in [-0.2, -0.15) is 5.10 Å². The van der Waals surface area contributed by atoms with Crippen molar-refractivity contribution >= 4 is 27.5 Å². The van der Waals surface area contributed by atoms with Crippen LogP contribution in [0.5, 0.6) is 0 Å². The molecule has 0 unspecified atom stereocenters. The predicted octanol–water partition coefficient (Wildman–Crippen LogP) is 3.79. The molecule has 0 aliphatic rings. The SMILES string of the molecule is Cc1c(Br)c(-c2nnc(Cc3ccc(Cl)cc3)o2)nn1C. The Labute approximate surface area is 135 Å². The minimum absolute atomic E-state index is 0.412. The van der Waals surface area contributed by atoms with Crippen LogP contribution in [0.3, 0.4) is 0 Å². The molecule has 0 atom stereocenters. The van der Waals surface area contributed by atoms with Gasteiger partial charge in [-0.05, 0) is 40.5 Å². The van der Waals surface area contributed by atoms with Gasteiger partial charge in [-0.25, -0.2) is 0 Å². The van der Waals surface area contributed by atoms with Crippen LogP contribution in [0.2, 0.25) is 5.02 Å². The van der Waals surface area contributed by atoms with Gasteiger partial charge in [0.05, 0.1) is 16.6 Å².